The molecule has 0 aliphatic rings. The molecule has 1 aromatic carbocycles. The lowest BCUT2D eigenvalue weighted by Crippen LogP contribution is -2.28. The van der Waals surface area contributed by atoms with Gasteiger partial charge in [-0.2, -0.15) is 0 Å². The molecule has 1 rings (SSSR count). The third-order valence-corrected chi connectivity index (χ3v) is 2.62. The molecular formula is C12H16ClNO2. The maximum atomic E-state index is 10.7. The highest BCUT2D eigenvalue weighted by Crippen LogP contribution is 2.11. The van der Waals surface area contributed by atoms with Crippen LogP contribution in [0.4, 0.5) is 0 Å². The summed E-state index contributed by atoms with van der Waals surface area (Å²) in [7, 11) is 1.91. The third kappa shape index (κ3) is 4.21. The van der Waals surface area contributed by atoms with Gasteiger partial charge in [0, 0.05) is 18.1 Å². The molecule has 0 bridgehead atoms. The van der Waals surface area contributed by atoms with Gasteiger partial charge in [0.2, 0.25) is 0 Å². The van der Waals surface area contributed by atoms with Gasteiger partial charge in [0.25, 0.3) is 0 Å². The summed E-state index contributed by atoms with van der Waals surface area (Å²) in [6, 6.07) is 7.57. The third-order valence-electron chi connectivity index (χ3n) is 2.37. The second-order valence-electron chi connectivity index (χ2n) is 4.06. The quantitative estimate of drug-likeness (QED) is 0.861. The Labute approximate surface area is 101 Å². The molecular weight excluding hydrogens is 226 g/mol. The number of carboxylic acid groups (broad SMARTS) is 1. The Balaban J connectivity index is 2.48. The van der Waals surface area contributed by atoms with Gasteiger partial charge in [0.1, 0.15) is 0 Å². The zero-order valence-corrected chi connectivity index (χ0v) is 10.2. The second kappa shape index (κ2) is 5.87. The van der Waals surface area contributed by atoms with Crippen LogP contribution in [0.2, 0.25) is 5.02 Å². The average molecular weight is 242 g/mol. The number of carboxylic acids is 1. The van der Waals surface area contributed by atoms with Crippen LogP contribution in [0.1, 0.15) is 12.5 Å². The maximum Gasteiger partial charge on any atom is 0.307 e. The number of hydrogen-bond acceptors (Lipinski definition) is 2. The minimum atomic E-state index is -0.761. The van der Waals surface area contributed by atoms with Gasteiger partial charge < -0.3 is 10.0 Å². The van der Waals surface area contributed by atoms with E-state index in [1.54, 1.807) is 6.92 Å². The van der Waals surface area contributed by atoms with Crippen LogP contribution in [0, 0.1) is 5.92 Å². The summed E-state index contributed by atoms with van der Waals surface area (Å²) < 4.78 is 0. The summed E-state index contributed by atoms with van der Waals surface area (Å²) in [4.78, 5) is 12.7. The zero-order chi connectivity index (χ0) is 12.1. The monoisotopic (exact) mass is 241 g/mol. The molecule has 4 heteroatoms. The first-order valence-electron chi connectivity index (χ1n) is 5.15. The molecule has 0 radical (unpaired) electrons. The van der Waals surface area contributed by atoms with Crippen molar-refractivity contribution in [2.45, 2.75) is 13.5 Å². The van der Waals surface area contributed by atoms with E-state index in [0.29, 0.717) is 11.6 Å². The highest BCUT2D eigenvalue weighted by atomic mass is 35.5. The van der Waals surface area contributed by atoms with E-state index in [9.17, 15) is 4.79 Å². The maximum absolute atomic E-state index is 10.7. The fourth-order valence-electron chi connectivity index (χ4n) is 1.51. The minimum Gasteiger partial charge on any atom is -0.481 e. The van der Waals surface area contributed by atoms with E-state index in [1.165, 1.54) is 0 Å². The molecule has 1 atom stereocenters. The average Bonchev–Trinajstić information content (AvgIpc) is 2.21. The first-order chi connectivity index (χ1) is 7.49. The molecule has 0 fully saturated rings. The van der Waals surface area contributed by atoms with Crippen molar-refractivity contribution in [1.82, 2.24) is 4.90 Å². The van der Waals surface area contributed by atoms with Crippen molar-refractivity contribution in [3.05, 3.63) is 34.9 Å². The van der Waals surface area contributed by atoms with Crippen molar-refractivity contribution >= 4 is 17.6 Å². The van der Waals surface area contributed by atoms with Crippen LogP contribution < -0.4 is 0 Å². The number of benzene rings is 1. The summed E-state index contributed by atoms with van der Waals surface area (Å²) in [5.41, 5.74) is 1.13. The van der Waals surface area contributed by atoms with E-state index < -0.39 is 5.97 Å². The molecule has 1 aromatic rings. The molecule has 0 aromatic heterocycles. The van der Waals surface area contributed by atoms with Crippen molar-refractivity contribution in [2.75, 3.05) is 13.6 Å². The second-order valence-corrected chi connectivity index (χ2v) is 4.50. The lowest BCUT2D eigenvalue weighted by atomic mass is 10.1. The number of halogens is 1. The lowest BCUT2D eigenvalue weighted by Gasteiger charge is -2.18. The van der Waals surface area contributed by atoms with Crippen molar-refractivity contribution in [1.29, 1.82) is 0 Å². The fraction of sp³-hybridized carbons (Fsp3) is 0.417. The Hall–Kier alpha value is -1.06. The Morgan fingerprint density at radius 1 is 1.44 bits per heavy atom. The molecule has 16 heavy (non-hydrogen) atoms. The summed E-state index contributed by atoms with van der Waals surface area (Å²) >= 11 is 5.78. The summed E-state index contributed by atoms with van der Waals surface area (Å²) in [5.74, 6) is -1.11. The van der Waals surface area contributed by atoms with Crippen LogP contribution >= 0.6 is 11.6 Å². The Morgan fingerprint density at radius 2 is 2.00 bits per heavy atom. The molecule has 0 spiro atoms. The minimum absolute atomic E-state index is 0.350. The Morgan fingerprint density at radius 3 is 2.50 bits per heavy atom. The molecule has 0 heterocycles. The first kappa shape index (κ1) is 13.0. The predicted octanol–water partition coefficient (Wildman–Crippen LogP) is 2.49. The van der Waals surface area contributed by atoms with Crippen molar-refractivity contribution in [3.8, 4) is 0 Å². The highest BCUT2D eigenvalue weighted by molar-refractivity contribution is 6.30. The van der Waals surface area contributed by atoms with Gasteiger partial charge in [-0.25, -0.2) is 0 Å². The van der Waals surface area contributed by atoms with Crippen LogP contribution in [0.5, 0.6) is 0 Å². The van der Waals surface area contributed by atoms with Gasteiger partial charge in [0.05, 0.1) is 5.92 Å². The lowest BCUT2D eigenvalue weighted by molar-refractivity contribution is -0.141. The summed E-state index contributed by atoms with van der Waals surface area (Å²) in [6.45, 7) is 2.98. The van der Waals surface area contributed by atoms with Crippen LogP contribution in [0.25, 0.3) is 0 Å². The van der Waals surface area contributed by atoms with E-state index in [0.717, 1.165) is 12.1 Å². The molecule has 1 unspecified atom stereocenters. The molecule has 1 N–H and O–H groups in total. The van der Waals surface area contributed by atoms with E-state index in [-0.39, 0.29) is 5.92 Å². The molecule has 0 aliphatic heterocycles. The smallest absolute Gasteiger partial charge is 0.307 e. The molecule has 0 aliphatic carbocycles. The molecule has 3 nitrogen and oxygen atoms in total. The SMILES string of the molecule is CC(CN(C)Cc1ccc(Cl)cc1)C(=O)O. The zero-order valence-electron chi connectivity index (χ0n) is 9.48. The largest absolute Gasteiger partial charge is 0.481 e. The Kier molecular flexibility index (Phi) is 4.77. The van der Waals surface area contributed by atoms with Gasteiger partial charge in [0.15, 0.2) is 0 Å². The highest BCUT2D eigenvalue weighted by Gasteiger charge is 2.13. The van der Waals surface area contributed by atoms with E-state index >= 15 is 0 Å². The summed E-state index contributed by atoms with van der Waals surface area (Å²) in [5, 5.41) is 9.50. The number of carbonyl (C=O) groups is 1. The number of aliphatic carboxylic acids is 1. The molecule has 88 valence electrons. The fourth-order valence-corrected chi connectivity index (χ4v) is 1.64. The van der Waals surface area contributed by atoms with Crippen molar-refractivity contribution in [3.63, 3.8) is 0 Å². The van der Waals surface area contributed by atoms with E-state index in [1.807, 2.05) is 36.2 Å². The number of hydrogen-bond donors (Lipinski definition) is 1. The number of nitrogens with zero attached hydrogens (tertiary/aromatic N) is 1. The molecule has 0 amide bonds. The van der Waals surface area contributed by atoms with Crippen molar-refractivity contribution < 1.29 is 9.90 Å². The topological polar surface area (TPSA) is 40.5 Å². The van der Waals surface area contributed by atoms with Crippen LogP contribution in [0.15, 0.2) is 24.3 Å². The Bertz CT molecular complexity index is 351. The van der Waals surface area contributed by atoms with Crippen LogP contribution in [-0.4, -0.2) is 29.6 Å². The van der Waals surface area contributed by atoms with Gasteiger partial charge in [-0.15, -0.1) is 0 Å². The van der Waals surface area contributed by atoms with Crippen LogP contribution in [-0.2, 0) is 11.3 Å². The molecule has 0 saturated heterocycles. The van der Waals surface area contributed by atoms with Gasteiger partial charge in [-0.1, -0.05) is 30.7 Å². The predicted molar refractivity (Wildman–Crippen MR) is 64.6 cm³/mol. The first-order valence-corrected chi connectivity index (χ1v) is 5.52. The number of rotatable bonds is 5. The normalized spacial score (nSPS) is 12.8. The van der Waals surface area contributed by atoms with Gasteiger partial charge in [-0.3, -0.25) is 4.79 Å². The van der Waals surface area contributed by atoms with Gasteiger partial charge >= 0.3 is 5.97 Å². The summed E-state index contributed by atoms with van der Waals surface area (Å²) in [6.07, 6.45) is 0. The van der Waals surface area contributed by atoms with E-state index in [2.05, 4.69) is 0 Å². The van der Waals surface area contributed by atoms with Crippen LogP contribution in [0.3, 0.4) is 0 Å². The van der Waals surface area contributed by atoms with Crippen molar-refractivity contribution in [2.24, 2.45) is 5.92 Å². The molecule has 0 saturated carbocycles. The standard InChI is InChI=1S/C12H16ClNO2/c1-9(12(15)16)7-14(2)8-10-3-5-11(13)6-4-10/h3-6,9H,7-8H2,1-2H3,(H,15,16). The van der Waals surface area contributed by atoms with Gasteiger partial charge in [-0.05, 0) is 24.7 Å². The van der Waals surface area contributed by atoms with E-state index in [4.69, 9.17) is 16.7 Å².